The molecule has 194 valence electrons. The molecule has 0 spiro atoms. The molecule has 1 N–H and O–H groups in total. The normalized spacial score (nSPS) is 23.2. The van der Waals surface area contributed by atoms with Crippen LogP contribution in [-0.2, 0) is 12.4 Å². The summed E-state index contributed by atoms with van der Waals surface area (Å²) < 4.78 is 84.4. The highest BCUT2D eigenvalue weighted by Crippen LogP contribution is 2.63. The van der Waals surface area contributed by atoms with Crippen LogP contribution in [0, 0.1) is 11.8 Å². The summed E-state index contributed by atoms with van der Waals surface area (Å²) in [7, 11) is 0. The van der Waals surface area contributed by atoms with Crippen LogP contribution in [-0.4, -0.2) is 21.9 Å². The van der Waals surface area contributed by atoms with E-state index < -0.39 is 29.5 Å². The van der Waals surface area contributed by atoms with E-state index in [2.05, 4.69) is 15.3 Å². The molecular formula is C26H21F6N3O2. The molecule has 4 unspecified atom stereocenters. The summed E-state index contributed by atoms with van der Waals surface area (Å²) in [5.41, 5.74) is -1.39. The molecule has 5 nitrogen and oxygen atoms in total. The van der Waals surface area contributed by atoms with Gasteiger partial charge >= 0.3 is 12.4 Å². The minimum Gasteiger partial charge on any atom is -0.439 e. The SMILES string of the molecule is O=C(NC1CCC2C(C1)C2c1cc(C(F)(F)F)ccc1Oc1ccccn1)c1ccc(C(F)(F)F)nc1. The van der Waals surface area contributed by atoms with Gasteiger partial charge in [-0.05, 0) is 79.0 Å². The quantitative estimate of drug-likeness (QED) is 0.384. The number of halogens is 6. The number of pyridine rings is 2. The van der Waals surface area contributed by atoms with Gasteiger partial charge in [0.15, 0.2) is 0 Å². The number of fused-ring (bicyclic) bond motifs is 1. The highest BCUT2D eigenvalue weighted by Gasteiger charge is 2.55. The number of hydrogen-bond donors (Lipinski definition) is 1. The molecule has 2 aliphatic rings. The Morgan fingerprint density at radius 2 is 1.73 bits per heavy atom. The standard InChI is InChI=1S/C26H21F6N3O2/c27-25(28,29)15-5-8-20(37-22-3-1-2-10-33-22)19(11-15)23-17-7-6-16(12-18(17)23)35-24(36)14-4-9-21(34-13-14)26(30,31)32/h1-5,8-11,13,16-18,23H,6-7,12H2,(H,35,36). The van der Waals surface area contributed by atoms with Gasteiger partial charge < -0.3 is 10.1 Å². The van der Waals surface area contributed by atoms with Crippen molar-refractivity contribution in [1.29, 1.82) is 0 Å². The molecular weight excluding hydrogens is 500 g/mol. The van der Waals surface area contributed by atoms with E-state index in [1.807, 2.05) is 0 Å². The van der Waals surface area contributed by atoms with Crippen LogP contribution in [0.15, 0.2) is 60.9 Å². The van der Waals surface area contributed by atoms with Gasteiger partial charge in [0.1, 0.15) is 11.4 Å². The molecule has 2 aliphatic carbocycles. The van der Waals surface area contributed by atoms with E-state index in [1.54, 1.807) is 18.2 Å². The number of hydrogen-bond acceptors (Lipinski definition) is 4. The van der Waals surface area contributed by atoms with Crippen LogP contribution in [0.2, 0.25) is 0 Å². The molecule has 0 bridgehead atoms. The fourth-order valence-corrected chi connectivity index (χ4v) is 5.16. The van der Waals surface area contributed by atoms with E-state index in [0.29, 0.717) is 30.6 Å². The number of carbonyl (C=O) groups excluding carboxylic acids is 1. The summed E-state index contributed by atoms with van der Waals surface area (Å²) in [5.74, 6) is 0.0514. The minimum atomic E-state index is -4.60. The topological polar surface area (TPSA) is 64.1 Å². The highest BCUT2D eigenvalue weighted by molar-refractivity contribution is 5.94. The molecule has 37 heavy (non-hydrogen) atoms. The van der Waals surface area contributed by atoms with Crippen LogP contribution in [0.3, 0.4) is 0 Å². The van der Waals surface area contributed by atoms with Crippen molar-refractivity contribution < 1.29 is 35.9 Å². The lowest BCUT2D eigenvalue weighted by Crippen LogP contribution is -2.36. The lowest BCUT2D eigenvalue weighted by Gasteiger charge is -2.22. The number of aromatic nitrogens is 2. The first kappa shape index (κ1) is 25.0. The van der Waals surface area contributed by atoms with Crippen LogP contribution in [0.25, 0.3) is 0 Å². The molecule has 1 amide bonds. The predicted molar refractivity (Wildman–Crippen MR) is 120 cm³/mol. The molecule has 2 fully saturated rings. The molecule has 4 atom stereocenters. The molecule has 0 aliphatic heterocycles. The van der Waals surface area contributed by atoms with Crippen molar-refractivity contribution in [2.24, 2.45) is 11.8 Å². The maximum atomic E-state index is 13.5. The number of rotatable bonds is 5. The third-order valence-electron chi connectivity index (χ3n) is 6.94. The summed E-state index contributed by atoms with van der Waals surface area (Å²) in [6.07, 6.45) is -4.88. The maximum absolute atomic E-state index is 13.5. The Bertz CT molecular complexity index is 1280. The number of nitrogens with one attached hydrogen (secondary N) is 1. The molecule has 3 aromatic rings. The van der Waals surface area contributed by atoms with Crippen molar-refractivity contribution >= 4 is 5.91 Å². The van der Waals surface area contributed by atoms with E-state index in [4.69, 9.17) is 4.74 Å². The summed E-state index contributed by atoms with van der Waals surface area (Å²) in [6, 6.07) is 10.0. The average Bonchev–Trinajstić information content (AvgIpc) is 3.57. The van der Waals surface area contributed by atoms with Crippen LogP contribution in [0.4, 0.5) is 26.3 Å². The van der Waals surface area contributed by atoms with Gasteiger partial charge in [0.2, 0.25) is 5.88 Å². The maximum Gasteiger partial charge on any atom is 0.433 e. The van der Waals surface area contributed by atoms with E-state index >= 15 is 0 Å². The van der Waals surface area contributed by atoms with Crippen molar-refractivity contribution in [2.45, 2.75) is 43.6 Å². The molecule has 2 aromatic heterocycles. The molecule has 11 heteroatoms. The van der Waals surface area contributed by atoms with Crippen molar-refractivity contribution in [3.05, 3.63) is 83.3 Å². The van der Waals surface area contributed by atoms with Gasteiger partial charge in [0.25, 0.3) is 5.91 Å². The van der Waals surface area contributed by atoms with Crippen molar-refractivity contribution in [3.63, 3.8) is 0 Å². The van der Waals surface area contributed by atoms with Gasteiger partial charge in [-0.2, -0.15) is 26.3 Å². The first-order valence-electron chi connectivity index (χ1n) is 11.6. The van der Waals surface area contributed by atoms with Crippen molar-refractivity contribution in [3.8, 4) is 11.6 Å². The zero-order valence-electron chi connectivity index (χ0n) is 19.2. The van der Waals surface area contributed by atoms with Crippen LogP contribution in [0.1, 0.15) is 52.4 Å². The molecule has 2 heterocycles. The van der Waals surface area contributed by atoms with Gasteiger partial charge in [0.05, 0.1) is 11.1 Å². The van der Waals surface area contributed by atoms with Crippen LogP contribution >= 0.6 is 0 Å². The smallest absolute Gasteiger partial charge is 0.433 e. The number of amides is 1. The van der Waals surface area contributed by atoms with Gasteiger partial charge in [-0.15, -0.1) is 0 Å². The number of carbonyl (C=O) groups is 1. The zero-order chi connectivity index (χ0) is 26.4. The zero-order valence-corrected chi connectivity index (χ0v) is 19.2. The molecule has 2 saturated carbocycles. The minimum absolute atomic E-state index is 0.00592. The van der Waals surface area contributed by atoms with E-state index in [9.17, 15) is 31.1 Å². The summed E-state index contributed by atoms with van der Waals surface area (Å²) >= 11 is 0. The van der Waals surface area contributed by atoms with Crippen LogP contribution in [0.5, 0.6) is 11.6 Å². The largest absolute Gasteiger partial charge is 0.439 e. The second-order valence-electron chi connectivity index (χ2n) is 9.29. The second kappa shape index (κ2) is 9.35. The fraction of sp³-hybridized carbons (Fsp3) is 0.346. The molecule has 5 rings (SSSR count). The number of nitrogens with zero attached hydrogens (tertiary/aromatic N) is 2. The van der Waals surface area contributed by atoms with Gasteiger partial charge in [-0.1, -0.05) is 6.07 Å². The van der Waals surface area contributed by atoms with Gasteiger partial charge in [-0.3, -0.25) is 9.78 Å². The Hall–Kier alpha value is -3.63. The Morgan fingerprint density at radius 3 is 2.38 bits per heavy atom. The van der Waals surface area contributed by atoms with E-state index in [0.717, 1.165) is 30.5 Å². The Balaban J connectivity index is 1.30. The number of benzene rings is 1. The third kappa shape index (κ3) is 5.40. The van der Waals surface area contributed by atoms with Crippen molar-refractivity contribution in [2.75, 3.05) is 0 Å². The van der Waals surface area contributed by atoms with Gasteiger partial charge in [0, 0.05) is 24.5 Å². The summed E-state index contributed by atoms with van der Waals surface area (Å²) in [6.45, 7) is 0. The van der Waals surface area contributed by atoms with Crippen LogP contribution < -0.4 is 10.1 Å². The second-order valence-corrected chi connectivity index (χ2v) is 9.29. The van der Waals surface area contributed by atoms with Gasteiger partial charge in [-0.25, -0.2) is 4.98 Å². The number of alkyl halides is 6. The Labute approximate surface area is 207 Å². The molecule has 0 saturated heterocycles. The Kier molecular flexibility index (Phi) is 6.33. The predicted octanol–water partition coefficient (Wildman–Crippen LogP) is 6.62. The fourth-order valence-electron chi connectivity index (χ4n) is 5.16. The third-order valence-corrected chi connectivity index (χ3v) is 6.94. The average molecular weight is 521 g/mol. The van der Waals surface area contributed by atoms with Crippen molar-refractivity contribution in [1.82, 2.24) is 15.3 Å². The summed E-state index contributed by atoms with van der Waals surface area (Å²) in [4.78, 5) is 20.0. The summed E-state index contributed by atoms with van der Waals surface area (Å²) in [5, 5.41) is 2.83. The lowest BCUT2D eigenvalue weighted by atomic mass is 9.95. The molecule has 1 aromatic carbocycles. The van der Waals surface area contributed by atoms with E-state index in [1.165, 1.54) is 12.3 Å². The lowest BCUT2D eigenvalue weighted by molar-refractivity contribution is -0.141. The first-order chi connectivity index (χ1) is 17.5. The Morgan fingerprint density at radius 1 is 0.919 bits per heavy atom. The first-order valence-corrected chi connectivity index (χ1v) is 11.6. The van der Waals surface area contributed by atoms with E-state index in [-0.39, 0.29) is 35.2 Å². The monoisotopic (exact) mass is 521 g/mol. The highest BCUT2D eigenvalue weighted by atomic mass is 19.4. The molecule has 0 radical (unpaired) electrons. The number of ether oxygens (including phenoxy) is 1.